The molecule has 0 spiro atoms. The number of benzene rings is 2. The standard InChI is InChI=1S/C22H19N3O2/c1-15-9-18-13-25(14-19(18)10-16(15)2)20-6-3-5-17(11-20)22(26)24-23-12-21-7-4-8-27-21/h3-14H,1-2H3,(H,24,26)/b23-12+. The highest BCUT2D eigenvalue weighted by molar-refractivity contribution is 5.95. The van der Waals surface area contributed by atoms with Gasteiger partial charge in [0.05, 0.1) is 12.5 Å². The second kappa shape index (κ2) is 6.96. The summed E-state index contributed by atoms with van der Waals surface area (Å²) in [6, 6.07) is 15.3. The maximum absolute atomic E-state index is 12.4. The average Bonchev–Trinajstić information content (AvgIpc) is 3.32. The summed E-state index contributed by atoms with van der Waals surface area (Å²) in [6.07, 6.45) is 7.17. The van der Waals surface area contributed by atoms with Crippen LogP contribution < -0.4 is 5.43 Å². The number of rotatable bonds is 4. The molecule has 0 fully saturated rings. The molecule has 4 aromatic rings. The maximum atomic E-state index is 12.4. The van der Waals surface area contributed by atoms with Gasteiger partial charge in [0.2, 0.25) is 0 Å². The smallest absolute Gasteiger partial charge is 0.271 e. The molecule has 1 N–H and O–H groups in total. The minimum absolute atomic E-state index is 0.275. The molecule has 0 unspecified atom stereocenters. The van der Waals surface area contributed by atoms with Gasteiger partial charge in [-0.25, -0.2) is 5.43 Å². The molecule has 0 aliphatic rings. The number of hydrogen-bond donors (Lipinski definition) is 1. The van der Waals surface area contributed by atoms with E-state index >= 15 is 0 Å². The Morgan fingerprint density at radius 3 is 2.44 bits per heavy atom. The van der Waals surface area contributed by atoms with Crippen molar-refractivity contribution in [3.8, 4) is 5.69 Å². The van der Waals surface area contributed by atoms with Crippen LogP contribution in [0.4, 0.5) is 0 Å². The molecule has 27 heavy (non-hydrogen) atoms. The quantitative estimate of drug-likeness (QED) is 0.428. The molecule has 0 saturated heterocycles. The fourth-order valence-electron chi connectivity index (χ4n) is 2.96. The Kier molecular flexibility index (Phi) is 4.34. The number of nitrogens with zero attached hydrogens (tertiary/aromatic N) is 2. The Morgan fingerprint density at radius 2 is 1.78 bits per heavy atom. The van der Waals surface area contributed by atoms with Crippen LogP contribution in [0.1, 0.15) is 27.2 Å². The van der Waals surface area contributed by atoms with Crippen molar-refractivity contribution in [1.29, 1.82) is 0 Å². The van der Waals surface area contributed by atoms with Crippen LogP contribution >= 0.6 is 0 Å². The molecule has 5 heteroatoms. The summed E-state index contributed by atoms with van der Waals surface area (Å²) < 4.78 is 7.17. The number of hydrazone groups is 1. The van der Waals surface area contributed by atoms with Gasteiger partial charge in [-0.1, -0.05) is 6.07 Å². The summed E-state index contributed by atoms with van der Waals surface area (Å²) >= 11 is 0. The van der Waals surface area contributed by atoms with Gasteiger partial charge in [-0.3, -0.25) is 4.79 Å². The van der Waals surface area contributed by atoms with E-state index < -0.39 is 0 Å². The zero-order valence-electron chi connectivity index (χ0n) is 15.1. The molecule has 5 nitrogen and oxygen atoms in total. The van der Waals surface area contributed by atoms with Gasteiger partial charge in [0.25, 0.3) is 5.91 Å². The van der Waals surface area contributed by atoms with E-state index in [-0.39, 0.29) is 5.91 Å². The van der Waals surface area contributed by atoms with Crippen molar-refractivity contribution in [3.63, 3.8) is 0 Å². The van der Waals surface area contributed by atoms with Crippen LogP contribution in [0.5, 0.6) is 0 Å². The fraction of sp³-hybridized carbons (Fsp3) is 0.0909. The molecule has 0 atom stereocenters. The van der Waals surface area contributed by atoms with Crippen LogP contribution in [-0.2, 0) is 0 Å². The Morgan fingerprint density at radius 1 is 1.04 bits per heavy atom. The van der Waals surface area contributed by atoms with Gasteiger partial charge >= 0.3 is 0 Å². The molecule has 0 radical (unpaired) electrons. The van der Waals surface area contributed by atoms with E-state index in [0.717, 1.165) is 5.69 Å². The van der Waals surface area contributed by atoms with E-state index in [2.05, 4.69) is 48.9 Å². The first-order valence-corrected chi connectivity index (χ1v) is 8.66. The zero-order chi connectivity index (χ0) is 18.8. The lowest BCUT2D eigenvalue weighted by Crippen LogP contribution is -2.17. The third-order valence-electron chi connectivity index (χ3n) is 4.56. The first-order valence-electron chi connectivity index (χ1n) is 8.66. The number of furan rings is 1. The molecular weight excluding hydrogens is 338 g/mol. The van der Waals surface area contributed by atoms with E-state index in [9.17, 15) is 4.79 Å². The Hall–Kier alpha value is -3.60. The second-order valence-corrected chi connectivity index (χ2v) is 6.50. The monoisotopic (exact) mass is 357 g/mol. The molecule has 134 valence electrons. The molecule has 2 heterocycles. The Balaban J connectivity index is 1.57. The van der Waals surface area contributed by atoms with Crippen molar-refractivity contribution in [2.75, 3.05) is 0 Å². The maximum Gasteiger partial charge on any atom is 0.271 e. The molecule has 0 aliphatic carbocycles. The predicted molar refractivity (Wildman–Crippen MR) is 107 cm³/mol. The summed E-state index contributed by atoms with van der Waals surface area (Å²) in [4.78, 5) is 12.4. The third-order valence-corrected chi connectivity index (χ3v) is 4.56. The van der Waals surface area contributed by atoms with Gasteiger partial charge in [0.15, 0.2) is 0 Å². The van der Waals surface area contributed by atoms with Gasteiger partial charge in [-0.2, -0.15) is 5.10 Å². The van der Waals surface area contributed by atoms with Crippen molar-refractivity contribution in [2.24, 2.45) is 5.10 Å². The molecule has 2 aromatic carbocycles. The zero-order valence-corrected chi connectivity index (χ0v) is 15.1. The predicted octanol–water partition coefficient (Wildman–Crippen LogP) is 4.60. The van der Waals surface area contributed by atoms with E-state index in [1.807, 2.05) is 22.8 Å². The summed E-state index contributed by atoms with van der Waals surface area (Å²) in [6.45, 7) is 4.22. The topological polar surface area (TPSA) is 59.5 Å². The van der Waals surface area contributed by atoms with Gasteiger partial charge in [0.1, 0.15) is 5.76 Å². The number of carbonyl (C=O) groups excluding carboxylic acids is 1. The molecule has 0 aliphatic heterocycles. The molecule has 0 bridgehead atoms. The average molecular weight is 357 g/mol. The largest absolute Gasteiger partial charge is 0.463 e. The van der Waals surface area contributed by atoms with E-state index in [1.165, 1.54) is 28.1 Å². The molecule has 4 rings (SSSR count). The number of amides is 1. The molecular formula is C22H19N3O2. The van der Waals surface area contributed by atoms with Crippen molar-refractivity contribution in [1.82, 2.24) is 9.99 Å². The Bertz CT molecular complexity index is 1100. The first kappa shape index (κ1) is 16.8. The summed E-state index contributed by atoms with van der Waals surface area (Å²) in [7, 11) is 0. The molecule has 1 amide bonds. The van der Waals surface area contributed by atoms with Crippen LogP contribution in [0.15, 0.2) is 76.7 Å². The normalized spacial score (nSPS) is 11.3. The number of carbonyl (C=O) groups is 1. The number of aromatic nitrogens is 1. The van der Waals surface area contributed by atoms with Crippen molar-refractivity contribution < 1.29 is 9.21 Å². The lowest BCUT2D eigenvalue weighted by molar-refractivity contribution is 0.0955. The minimum Gasteiger partial charge on any atom is -0.463 e. The second-order valence-electron chi connectivity index (χ2n) is 6.50. The number of nitrogens with one attached hydrogen (secondary N) is 1. The SMILES string of the molecule is Cc1cc2cn(-c3cccc(C(=O)N/N=C/c4ccco4)c3)cc2cc1C. The first-order chi connectivity index (χ1) is 13.1. The molecule has 2 aromatic heterocycles. The summed E-state index contributed by atoms with van der Waals surface area (Å²) in [5.74, 6) is 0.303. The molecule has 0 saturated carbocycles. The van der Waals surface area contributed by atoms with Gasteiger partial charge < -0.3 is 8.98 Å². The fourth-order valence-corrected chi connectivity index (χ4v) is 2.96. The number of aryl methyl sites for hydroxylation is 2. The number of fused-ring (bicyclic) bond motifs is 1. The summed E-state index contributed by atoms with van der Waals surface area (Å²) in [5, 5.41) is 6.28. The highest BCUT2D eigenvalue weighted by atomic mass is 16.3. The summed E-state index contributed by atoms with van der Waals surface area (Å²) in [5.41, 5.74) is 6.51. The highest BCUT2D eigenvalue weighted by Crippen LogP contribution is 2.23. The van der Waals surface area contributed by atoms with E-state index in [1.54, 1.807) is 24.5 Å². The van der Waals surface area contributed by atoms with Gasteiger partial charge in [-0.15, -0.1) is 0 Å². The van der Waals surface area contributed by atoms with Crippen LogP contribution in [-0.4, -0.2) is 16.7 Å². The van der Waals surface area contributed by atoms with Crippen molar-refractivity contribution in [3.05, 3.63) is 89.6 Å². The van der Waals surface area contributed by atoms with Crippen LogP contribution in [0.3, 0.4) is 0 Å². The van der Waals surface area contributed by atoms with Gasteiger partial charge in [0, 0.05) is 34.4 Å². The van der Waals surface area contributed by atoms with Crippen LogP contribution in [0, 0.1) is 13.8 Å². The number of hydrogen-bond acceptors (Lipinski definition) is 3. The van der Waals surface area contributed by atoms with Gasteiger partial charge in [-0.05, 0) is 67.4 Å². The van der Waals surface area contributed by atoms with Crippen LogP contribution in [0.2, 0.25) is 0 Å². The van der Waals surface area contributed by atoms with E-state index in [0.29, 0.717) is 11.3 Å². The highest BCUT2D eigenvalue weighted by Gasteiger charge is 2.08. The van der Waals surface area contributed by atoms with Crippen molar-refractivity contribution >= 4 is 22.9 Å². The van der Waals surface area contributed by atoms with Crippen molar-refractivity contribution in [2.45, 2.75) is 13.8 Å². The lowest BCUT2D eigenvalue weighted by atomic mass is 10.1. The Labute approximate surface area is 156 Å². The minimum atomic E-state index is -0.275. The third kappa shape index (κ3) is 3.53. The van der Waals surface area contributed by atoms with Crippen LogP contribution in [0.25, 0.3) is 16.5 Å². The lowest BCUT2D eigenvalue weighted by Gasteiger charge is -2.05. The van der Waals surface area contributed by atoms with E-state index in [4.69, 9.17) is 4.42 Å².